The number of benzene rings is 2. The number of nitrogens with two attached hydrogens (primary N) is 1. The van der Waals surface area contributed by atoms with Gasteiger partial charge in [0.25, 0.3) is 5.91 Å². The predicted molar refractivity (Wildman–Crippen MR) is 95.3 cm³/mol. The third kappa shape index (κ3) is 4.02. The van der Waals surface area contributed by atoms with E-state index in [1.54, 1.807) is 24.3 Å². The van der Waals surface area contributed by atoms with Crippen molar-refractivity contribution in [3.8, 4) is 0 Å². The molecule has 25 heavy (non-hydrogen) atoms. The Bertz CT molecular complexity index is 951. The van der Waals surface area contributed by atoms with Crippen molar-refractivity contribution in [3.63, 3.8) is 0 Å². The third-order valence-electron chi connectivity index (χ3n) is 3.30. The number of hydrogen-bond acceptors (Lipinski definition) is 5. The second-order valence-corrected chi connectivity index (χ2v) is 5.70. The first kappa shape index (κ1) is 16.7. The number of amidine groups is 1. The minimum atomic E-state index is -0.414. The second kappa shape index (κ2) is 7.14. The van der Waals surface area contributed by atoms with Crippen molar-refractivity contribution >= 4 is 34.8 Å². The summed E-state index contributed by atoms with van der Waals surface area (Å²) in [4.78, 5) is 16.6. The van der Waals surface area contributed by atoms with Crippen molar-refractivity contribution in [2.24, 2.45) is 10.7 Å². The fourth-order valence-electron chi connectivity index (χ4n) is 2.14. The van der Waals surface area contributed by atoms with Crippen molar-refractivity contribution in [2.75, 3.05) is 5.32 Å². The van der Waals surface area contributed by atoms with Gasteiger partial charge in [-0.1, -0.05) is 29.8 Å². The first-order chi connectivity index (χ1) is 12.0. The first-order valence-corrected chi connectivity index (χ1v) is 7.71. The number of aromatic nitrogens is 2. The highest BCUT2D eigenvalue weighted by atomic mass is 35.5. The Morgan fingerprint density at radius 2 is 2.00 bits per heavy atom. The summed E-state index contributed by atoms with van der Waals surface area (Å²) in [6.45, 7) is 1.95. The monoisotopic (exact) mass is 355 g/mol. The largest absolute Gasteiger partial charge is 0.382 e. The summed E-state index contributed by atoms with van der Waals surface area (Å²) in [5.74, 6) is -0.255. The molecule has 0 unspecified atom stereocenters. The van der Waals surface area contributed by atoms with Crippen LogP contribution in [-0.4, -0.2) is 22.1 Å². The molecular formula is C17H14ClN5O2. The summed E-state index contributed by atoms with van der Waals surface area (Å²) < 4.78 is 4.69. The predicted octanol–water partition coefficient (Wildman–Crippen LogP) is 3.32. The summed E-state index contributed by atoms with van der Waals surface area (Å²) in [5, 5.41) is 10.4. The van der Waals surface area contributed by atoms with E-state index in [9.17, 15) is 4.79 Å². The van der Waals surface area contributed by atoms with Crippen LogP contribution in [0.2, 0.25) is 5.02 Å². The molecule has 1 heterocycles. The molecular weight excluding hydrogens is 342 g/mol. The molecule has 0 bridgehead atoms. The van der Waals surface area contributed by atoms with Crippen molar-refractivity contribution in [1.29, 1.82) is 0 Å². The fourth-order valence-corrected chi connectivity index (χ4v) is 2.33. The molecule has 0 saturated heterocycles. The van der Waals surface area contributed by atoms with E-state index < -0.39 is 5.91 Å². The molecule has 0 atom stereocenters. The van der Waals surface area contributed by atoms with Crippen molar-refractivity contribution in [1.82, 2.24) is 10.3 Å². The Hall–Kier alpha value is -3.19. The van der Waals surface area contributed by atoms with E-state index in [1.807, 2.05) is 25.1 Å². The summed E-state index contributed by atoms with van der Waals surface area (Å²) in [6, 6.07) is 14.0. The van der Waals surface area contributed by atoms with E-state index in [1.165, 1.54) is 6.07 Å². The van der Waals surface area contributed by atoms with E-state index in [2.05, 4.69) is 25.3 Å². The summed E-state index contributed by atoms with van der Waals surface area (Å²) in [6.07, 6.45) is 0. The fraction of sp³-hybridized carbons (Fsp3) is 0.0588. The van der Waals surface area contributed by atoms with Gasteiger partial charge in [0, 0.05) is 10.6 Å². The van der Waals surface area contributed by atoms with Crippen molar-refractivity contribution in [2.45, 2.75) is 6.92 Å². The molecule has 0 aliphatic heterocycles. The van der Waals surface area contributed by atoms with Gasteiger partial charge in [-0.15, -0.1) is 0 Å². The van der Waals surface area contributed by atoms with Crippen LogP contribution in [0.4, 0.5) is 11.5 Å². The number of hydrogen-bond donors (Lipinski definition) is 2. The number of amides is 1. The number of anilines is 1. The zero-order chi connectivity index (χ0) is 17.8. The highest BCUT2D eigenvalue weighted by molar-refractivity contribution is 6.31. The molecule has 1 aromatic heterocycles. The molecule has 1 amide bonds. The Morgan fingerprint density at radius 1 is 1.20 bits per heavy atom. The highest BCUT2D eigenvalue weighted by Crippen LogP contribution is 2.18. The Morgan fingerprint density at radius 3 is 2.76 bits per heavy atom. The average molecular weight is 356 g/mol. The zero-order valence-corrected chi connectivity index (χ0v) is 14.0. The van der Waals surface area contributed by atoms with Crippen LogP contribution in [0.5, 0.6) is 0 Å². The third-order valence-corrected chi connectivity index (χ3v) is 3.54. The van der Waals surface area contributed by atoms with Crippen LogP contribution in [0.3, 0.4) is 0 Å². The lowest BCUT2D eigenvalue weighted by molar-refractivity contribution is 0.102. The number of carbonyl (C=O) groups is 1. The zero-order valence-electron chi connectivity index (χ0n) is 13.2. The maximum Gasteiger partial charge on any atom is 0.257 e. The number of rotatable bonds is 4. The summed E-state index contributed by atoms with van der Waals surface area (Å²) in [7, 11) is 0. The van der Waals surface area contributed by atoms with Gasteiger partial charge >= 0.3 is 0 Å². The van der Waals surface area contributed by atoms with E-state index in [4.69, 9.17) is 17.3 Å². The maximum atomic E-state index is 12.3. The maximum absolute atomic E-state index is 12.3. The van der Waals surface area contributed by atoms with Gasteiger partial charge < -0.3 is 11.1 Å². The Labute approximate surface area is 148 Å². The first-order valence-electron chi connectivity index (χ1n) is 7.33. The molecule has 0 aliphatic rings. The molecule has 3 rings (SSSR count). The normalized spacial score (nSPS) is 11.4. The van der Waals surface area contributed by atoms with Crippen LogP contribution in [0.15, 0.2) is 58.2 Å². The van der Waals surface area contributed by atoms with Gasteiger partial charge in [-0.2, -0.15) is 0 Å². The summed E-state index contributed by atoms with van der Waals surface area (Å²) in [5.41, 5.74) is 8.20. The number of aryl methyl sites for hydroxylation is 1. The van der Waals surface area contributed by atoms with Gasteiger partial charge in [-0.25, -0.2) is 9.62 Å². The van der Waals surface area contributed by atoms with Gasteiger partial charge in [-0.05, 0) is 53.1 Å². The van der Waals surface area contributed by atoms with Crippen LogP contribution >= 0.6 is 11.6 Å². The standard InChI is InChI=1S/C17H14ClN5O2/c1-10-4-2-7-13(8-10)20-15(19)14-16(23-25-22-14)21-17(24)11-5-3-6-12(18)9-11/h2-9H,1H3,(H2,19,20)(H,21,23,24). The molecule has 7 nitrogen and oxygen atoms in total. The van der Waals surface area contributed by atoms with Crippen molar-refractivity contribution < 1.29 is 9.42 Å². The molecule has 0 saturated carbocycles. The molecule has 0 radical (unpaired) electrons. The Kier molecular flexibility index (Phi) is 4.76. The van der Waals surface area contributed by atoms with Crippen LogP contribution in [0.1, 0.15) is 21.6 Å². The van der Waals surface area contributed by atoms with Gasteiger partial charge in [0.1, 0.15) is 0 Å². The van der Waals surface area contributed by atoms with Gasteiger partial charge in [0.15, 0.2) is 11.5 Å². The number of aliphatic imine (C=N–C) groups is 1. The lowest BCUT2D eigenvalue weighted by Gasteiger charge is -2.04. The molecule has 126 valence electrons. The Balaban J connectivity index is 1.84. The van der Waals surface area contributed by atoms with Crippen molar-refractivity contribution in [3.05, 3.63) is 70.4 Å². The van der Waals surface area contributed by atoms with Crippen LogP contribution in [0, 0.1) is 6.92 Å². The highest BCUT2D eigenvalue weighted by Gasteiger charge is 2.17. The quantitative estimate of drug-likeness (QED) is 0.551. The topological polar surface area (TPSA) is 106 Å². The van der Waals surface area contributed by atoms with Gasteiger partial charge in [-0.3, -0.25) is 4.79 Å². The lowest BCUT2D eigenvalue weighted by Crippen LogP contribution is -2.19. The molecule has 3 aromatic rings. The van der Waals surface area contributed by atoms with Crippen LogP contribution < -0.4 is 11.1 Å². The minimum absolute atomic E-state index is 0.0771. The van der Waals surface area contributed by atoms with Crippen LogP contribution in [-0.2, 0) is 0 Å². The molecule has 8 heteroatoms. The molecule has 0 fully saturated rings. The molecule has 2 aromatic carbocycles. The average Bonchev–Trinajstić information content (AvgIpc) is 3.03. The lowest BCUT2D eigenvalue weighted by atomic mass is 10.2. The van der Waals surface area contributed by atoms with Gasteiger partial charge in [0.05, 0.1) is 5.69 Å². The SMILES string of the molecule is Cc1cccc(N=C(N)c2nonc2NC(=O)c2cccc(Cl)c2)c1. The molecule has 3 N–H and O–H groups in total. The number of nitrogens with one attached hydrogen (secondary N) is 1. The van der Waals surface area contributed by atoms with E-state index >= 15 is 0 Å². The van der Waals surface area contributed by atoms with Gasteiger partial charge in [0.2, 0.25) is 5.82 Å². The van der Waals surface area contributed by atoms with Crippen LogP contribution in [0.25, 0.3) is 0 Å². The van der Waals surface area contributed by atoms with E-state index in [-0.39, 0.29) is 17.3 Å². The molecule has 0 aliphatic carbocycles. The van der Waals surface area contributed by atoms with E-state index in [0.717, 1.165) is 5.56 Å². The number of halogens is 1. The molecule has 0 spiro atoms. The summed E-state index contributed by atoms with van der Waals surface area (Å²) >= 11 is 5.89. The van der Waals surface area contributed by atoms with E-state index in [0.29, 0.717) is 16.3 Å². The smallest absolute Gasteiger partial charge is 0.257 e. The number of nitrogens with zero attached hydrogens (tertiary/aromatic N) is 3. The minimum Gasteiger partial charge on any atom is -0.382 e. The second-order valence-electron chi connectivity index (χ2n) is 5.26. The number of carbonyl (C=O) groups excluding carboxylic acids is 1.